The lowest BCUT2D eigenvalue weighted by atomic mass is 10.2. The molecule has 0 saturated heterocycles. The minimum atomic E-state index is 0.640. The van der Waals surface area contributed by atoms with Crippen LogP contribution in [0.25, 0.3) is 0 Å². The van der Waals surface area contributed by atoms with Crippen LogP contribution in [0.3, 0.4) is 0 Å². The molecule has 4 heteroatoms. The highest BCUT2D eigenvalue weighted by Crippen LogP contribution is 2.06. The molecule has 0 atom stereocenters. The topological polar surface area (TPSA) is 56.7 Å². The Morgan fingerprint density at radius 2 is 2.20 bits per heavy atom. The molecule has 0 spiro atoms. The number of nitrogens with two attached hydrogens (primary N) is 1. The number of pyridine rings is 1. The maximum atomic E-state index is 5.73. The van der Waals surface area contributed by atoms with Gasteiger partial charge in [0, 0.05) is 25.6 Å². The van der Waals surface area contributed by atoms with Gasteiger partial charge in [0.1, 0.15) is 0 Å². The second kappa shape index (κ2) is 3.84. The molecule has 0 saturated carbocycles. The first-order valence-electron chi connectivity index (χ1n) is 4.46. The Kier molecular flexibility index (Phi) is 2.38. The van der Waals surface area contributed by atoms with Crippen molar-refractivity contribution in [1.29, 1.82) is 0 Å². The summed E-state index contributed by atoms with van der Waals surface area (Å²) in [6.07, 6.45) is 6.85. The summed E-state index contributed by atoms with van der Waals surface area (Å²) in [6.45, 7) is 0. The lowest BCUT2D eigenvalue weighted by Gasteiger charge is -1.93. The first kappa shape index (κ1) is 9.28. The summed E-state index contributed by atoms with van der Waals surface area (Å²) in [5.41, 5.74) is 7.97. The maximum Gasteiger partial charge on any atom is 0.0661 e. The van der Waals surface area contributed by atoms with Crippen molar-refractivity contribution in [1.82, 2.24) is 14.8 Å². The number of rotatable bonds is 0. The highest BCUT2D eigenvalue weighted by Gasteiger charge is 1.93. The smallest absolute Gasteiger partial charge is 0.0661 e. The minimum Gasteiger partial charge on any atom is -0.398 e. The summed E-state index contributed by atoms with van der Waals surface area (Å²) in [5.74, 6) is 5.92. The van der Waals surface area contributed by atoms with Crippen LogP contribution >= 0.6 is 0 Å². The zero-order valence-electron chi connectivity index (χ0n) is 8.31. The molecule has 0 amide bonds. The van der Waals surface area contributed by atoms with Crippen LogP contribution in [-0.4, -0.2) is 14.8 Å². The van der Waals surface area contributed by atoms with E-state index in [1.165, 1.54) is 0 Å². The molecular weight excluding hydrogens is 188 g/mol. The summed E-state index contributed by atoms with van der Waals surface area (Å²) in [7, 11) is 1.85. The van der Waals surface area contributed by atoms with Crippen molar-refractivity contribution in [3.05, 3.63) is 42.0 Å². The Morgan fingerprint density at radius 1 is 1.33 bits per heavy atom. The van der Waals surface area contributed by atoms with Crippen LogP contribution in [0.15, 0.2) is 30.9 Å². The normalized spacial score (nSPS) is 9.40. The highest BCUT2D eigenvalue weighted by molar-refractivity contribution is 5.55. The average molecular weight is 198 g/mol. The molecule has 0 aromatic carbocycles. The zero-order valence-corrected chi connectivity index (χ0v) is 8.31. The van der Waals surface area contributed by atoms with E-state index in [2.05, 4.69) is 21.9 Å². The fraction of sp³-hybridized carbons (Fsp3) is 0.0909. The molecule has 4 nitrogen and oxygen atoms in total. The predicted molar refractivity (Wildman–Crippen MR) is 57.8 cm³/mol. The lowest BCUT2D eigenvalue weighted by Crippen LogP contribution is -1.90. The summed E-state index contributed by atoms with van der Waals surface area (Å²) in [6, 6.07) is 1.73. The van der Waals surface area contributed by atoms with Crippen LogP contribution in [0.5, 0.6) is 0 Å². The Balaban J connectivity index is 2.30. The van der Waals surface area contributed by atoms with Gasteiger partial charge in [-0.1, -0.05) is 11.8 Å². The molecule has 0 radical (unpaired) electrons. The Morgan fingerprint density at radius 3 is 2.87 bits per heavy atom. The van der Waals surface area contributed by atoms with E-state index in [9.17, 15) is 0 Å². The first-order valence-corrected chi connectivity index (χ1v) is 4.46. The van der Waals surface area contributed by atoms with Crippen molar-refractivity contribution >= 4 is 5.69 Å². The SMILES string of the molecule is Cn1cc(C#Cc2cnccc2N)cn1. The minimum absolute atomic E-state index is 0.640. The predicted octanol–water partition coefficient (Wildman–Crippen LogP) is 0.797. The van der Waals surface area contributed by atoms with E-state index in [0.29, 0.717) is 5.69 Å². The third-order valence-corrected chi connectivity index (χ3v) is 1.90. The molecular formula is C11H10N4. The molecule has 2 heterocycles. The third kappa shape index (κ3) is 2.15. The van der Waals surface area contributed by atoms with Crippen LogP contribution in [0.1, 0.15) is 11.1 Å². The highest BCUT2D eigenvalue weighted by atomic mass is 15.2. The van der Waals surface area contributed by atoms with Gasteiger partial charge in [0.2, 0.25) is 0 Å². The van der Waals surface area contributed by atoms with Crippen molar-refractivity contribution < 1.29 is 0 Å². The standard InChI is InChI=1S/C11H10N4/c1-15-8-9(6-14-15)2-3-10-7-13-5-4-11(10)12/h4-8H,1H3,(H2,12,13). The molecule has 2 aromatic heterocycles. The van der Waals surface area contributed by atoms with E-state index in [1.807, 2.05) is 13.2 Å². The van der Waals surface area contributed by atoms with Gasteiger partial charge in [-0.15, -0.1) is 0 Å². The van der Waals surface area contributed by atoms with Crippen molar-refractivity contribution in [2.24, 2.45) is 7.05 Å². The average Bonchev–Trinajstić information content (AvgIpc) is 2.63. The number of aromatic nitrogens is 3. The van der Waals surface area contributed by atoms with Crippen molar-refractivity contribution in [3.8, 4) is 11.8 Å². The molecule has 0 aliphatic heterocycles. The summed E-state index contributed by atoms with van der Waals surface area (Å²) >= 11 is 0. The number of hydrogen-bond acceptors (Lipinski definition) is 3. The van der Waals surface area contributed by atoms with Gasteiger partial charge in [-0.05, 0) is 6.07 Å². The van der Waals surface area contributed by atoms with Crippen LogP contribution in [0, 0.1) is 11.8 Å². The first-order chi connectivity index (χ1) is 7.25. The molecule has 74 valence electrons. The molecule has 0 bridgehead atoms. The second-order valence-corrected chi connectivity index (χ2v) is 3.12. The van der Waals surface area contributed by atoms with Gasteiger partial charge in [-0.2, -0.15) is 5.10 Å². The van der Waals surface area contributed by atoms with Gasteiger partial charge in [-0.3, -0.25) is 9.67 Å². The Bertz CT molecular complexity index is 531. The molecule has 0 aliphatic carbocycles. The number of nitrogens with zero attached hydrogens (tertiary/aromatic N) is 3. The largest absolute Gasteiger partial charge is 0.398 e. The molecule has 2 N–H and O–H groups in total. The summed E-state index contributed by atoms with van der Waals surface area (Å²) in [5, 5.41) is 4.02. The third-order valence-electron chi connectivity index (χ3n) is 1.90. The summed E-state index contributed by atoms with van der Waals surface area (Å²) < 4.78 is 1.70. The van der Waals surface area contributed by atoms with Crippen LogP contribution in [0.4, 0.5) is 5.69 Å². The summed E-state index contributed by atoms with van der Waals surface area (Å²) in [4.78, 5) is 3.96. The van der Waals surface area contributed by atoms with E-state index >= 15 is 0 Å². The number of nitrogen functional groups attached to an aromatic ring is 1. The van der Waals surface area contributed by atoms with E-state index in [4.69, 9.17) is 5.73 Å². The van der Waals surface area contributed by atoms with E-state index in [1.54, 1.807) is 29.3 Å². The van der Waals surface area contributed by atoms with Crippen molar-refractivity contribution in [2.75, 3.05) is 5.73 Å². The van der Waals surface area contributed by atoms with Gasteiger partial charge in [-0.25, -0.2) is 0 Å². The zero-order chi connectivity index (χ0) is 10.7. The molecule has 0 unspecified atom stereocenters. The molecule has 0 aliphatic rings. The second-order valence-electron chi connectivity index (χ2n) is 3.12. The van der Waals surface area contributed by atoms with Gasteiger partial charge in [0.05, 0.1) is 23.0 Å². The van der Waals surface area contributed by atoms with Gasteiger partial charge in [0.25, 0.3) is 0 Å². The maximum absolute atomic E-state index is 5.73. The van der Waals surface area contributed by atoms with E-state index < -0.39 is 0 Å². The quantitative estimate of drug-likeness (QED) is 0.637. The van der Waals surface area contributed by atoms with E-state index in [0.717, 1.165) is 11.1 Å². The fourth-order valence-corrected chi connectivity index (χ4v) is 1.13. The molecule has 0 fully saturated rings. The van der Waals surface area contributed by atoms with Crippen LogP contribution < -0.4 is 5.73 Å². The Labute approximate surface area is 87.7 Å². The monoisotopic (exact) mass is 198 g/mol. The number of anilines is 1. The molecule has 15 heavy (non-hydrogen) atoms. The number of aryl methyl sites for hydroxylation is 1. The number of hydrogen-bond donors (Lipinski definition) is 1. The molecule has 2 rings (SSSR count). The Hall–Kier alpha value is -2.28. The van der Waals surface area contributed by atoms with E-state index in [-0.39, 0.29) is 0 Å². The van der Waals surface area contributed by atoms with Crippen LogP contribution in [0.2, 0.25) is 0 Å². The fourth-order valence-electron chi connectivity index (χ4n) is 1.13. The molecule has 2 aromatic rings. The van der Waals surface area contributed by atoms with Gasteiger partial charge >= 0.3 is 0 Å². The van der Waals surface area contributed by atoms with Crippen molar-refractivity contribution in [3.63, 3.8) is 0 Å². The lowest BCUT2D eigenvalue weighted by molar-refractivity contribution is 0.767. The van der Waals surface area contributed by atoms with Gasteiger partial charge < -0.3 is 5.73 Å². The van der Waals surface area contributed by atoms with Gasteiger partial charge in [0.15, 0.2) is 0 Å². The van der Waals surface area contributed by atoms with Crippen molar-refractivity contribution in [2.45, 2.75) is 0 Å². The van der Waals surface area contributed by atoms with Crippen LogP contribution in [-0.2, 0) is 7.05 Å².